The fourth-order valence-electron chi connectivity index (χ4n) is 3.85. The van der Waals surface area contributed by atoms with Gasteiger partial charge in [-0.2, -0.15) is 18.4 Å². The Hall–Kier alpha value is -2.83. The van der Waals surface area contributed by atoms with Gasteiger partial charge in [0, 0.05) is 5.69 Å². The number of benzene rings is 2. The van der Waals surface area contributed by atoms with Crippen LogP contribution in [0.4, 0.5) is 24.5 Å². The van der Waals surface area contributed by atoms with E-state index in [1.54, 1.807) is 11.0 Å². The van der Waals surface area contributed by atoms with Crippen LogP contribution in [-0.4, -0.2) is 21.7 Å². The Labute approximate surface area is 179 Å². The van der Waals surface area contributed by atoms with Crippen LogP contribution < -0.4 is 9.80 Å². The van der Waals surface area contributed by atoms with Crippen LogP contribution in [0.15, 0.2) is 36.4 Å². The first kappa shape index (κ1) is 20.4. The number of carbonyl (C=O) groups excluding carboxylic acids is 1. The minimum atomic E-state index is -4.76. The van der Waals surface area contributed by atoms with E-state index < -0.39 is 28.7 Å². The van der Waals surface area contributed by atoms with Gasteiger partial charge in [0.25, 0.3) is 5.91 Å². The van der Waals surface area contributed by atoms with Gasteiger partial charge in [0.2, 0.25) is 0 Å². The molecule has 30 heavy (non-hydrogen) atoms. The van der Waals surface area contributed by atoms with Crippen LogP contribution >= 0.6 is 23.8 Å². The van der Waals surface area contributed by atoms with Crippen LogP contribution in [0.1, 0.15) is 30.4 Å². The first-order valence-corrected chi connectivity index (χ1v) is 9.67. The number of carbonyl (C=O) groups is 1. The molecule has 2 fully saturated rings. The second-order valence-electron chi connectivity index (χ2n) is 7.12. The molecule has 1 aliphatic heterocycles. The van der Waals surface area contributed by atoms with Crippen LogP contribution in [0.2, 0.25) is 5.02 Å². The zero-order chi connectivity index (χ0) is 21.8. The number of anilines is 2. The Bertz CT molecular complexity index is 1130. The van der Waals surface area contributed by atoms with E-state index in [1.165, 1.54) is 24.3 Å². The van der Waals surface area contributed by atoms with Gasteiger partial charge in [-0.05, 0) is 67.9 Å². The summed E-state index contributed by atoms with van der Waals surface area (Å²) in [6.45, 7) is 0. The lowest BCUT2D eigenvalue weighted by atomic mass is 9.75. The van der Waals surface area contributed by atoms with Gasteiger partial charge in [-0.15, -0.1) is 0 Å². The maximum atomic E-state index is 13.4. The molecule has 4 rings (SSSR count). The Morgan fingerprint density at radius 2 is 1.83 bits per heavy atom. The maximum Gasteiger partial charge on any atom is 0.417 e. The summed E-state index contributed by atoms with van der Waals surface area (Å²) in [7, 11) is 0. The summed E-state index contributed by atoms with van der Waals surface area (Å²) < 4.78 is 40.2. The van der Waals surface area contributed by atoms with Crippen molar-refractivity contribution in [2.45, 2.75) is 31.0 Å². The predicted octanol–water partition coefficient (Wildman–Crippen LogP) is 5.00. The molecule has 10 heteroatoms. The summed E-state index contributed by atoms with van der Waals surface area (Å²) >= 11 is 11.5. The molecule has 1 aliphatic carbocycles. The summed E-state index contributed by atoms with van der Waals surface area (Å²) in [6, 6.07) is 8.96. The highest BCUT2D eigenvalue weighted by Gasteiger charge is 2.59. The van der Waals surface area contributed by atoms with E-state index in [0.29, 0.717) is 18.5 Å². The second-order valence-corrected chi connectivity index (χ2v) is 7.89. The van der Waals surface area contributed by atoms with Crippen molar-refractivity contribution in [1.82, 2.24) is 0 Å². The molecule has 1 saturated heterocycles. The summed E-state index contributed by atoms with van der Waals surface area (Å²) in [5, 5.41) is 18.8. The van der Waals surface area contributed by atoms with Crippen molar-refractivity contribution in [1.29, 1.82) is 5.26 Å². The Morgan fingerprint density at radius 3 is 2.37 bits per heavy atom. The molecule has 1 saturated carbocycles. The molecule has 154 valence electrons. The molecule has 2 aromatic carbocycles. The number of halogens is 4. The molecule has 0 atom stereocenters. The zero-order valence-corrected chi connectivity index (χ0v) is 16.8. The number of rotatable bonds is 2. The highest BCUT2D eigenvalue weighted by Crippen LogP contribution is 2.49. The molecule has 1 N–H and O–H groups in total. The van der Waals surface area contributed by atoms with Crippen molar-refractivity contribution < 1.29 is 23.1 Å². The van der Waals surface area contributed by atoms with Gasteiger partial charge in [0.15, 0.2) is 5.11 Å². The van der Waals surface area contributed by atoms with E-state index in [1.807, 2.05) is 0 Å². The maximum absolute atomic E-state index is 13.4. The van der Waals surface area contributed by atoms with E-state index in [4.69, 9.17) is 29.1 Å². The number of hydrogen-bond donors (Lipinski definition) is 1. The lowest BCUT2D eigenvalue weighted by molar-refractivity contribution is -0.137. The summed E-state index contributed by atoms with van der Waals surface area (Å²) in [5.41, 5.74) is -2.28. The standard InChI is InChI=1S/C20H13ClF3N3O2S/c21-15-9-13(4-5-16(15)28)27-18(30)26(17(29)19(27)6-1-7-19)12-3-2-11(10-25)14(8-12)20(22,23)24/h2-5,8-9,28H,1,6-7H2. The number of phenols is 1. The number of hydrogen-bond acceptors (Lipinski definition) is 4. The van der Waals surface area contributed by atoms with E-state index in [0.717, 1.165) is 23.5 Å². The van der Waals surface area contributed by atoms with Crippen LogP contribution in [0, 0.1) is 11.3 Å². The molecule has 0 aromatic heterocycles. The molecular weight excluding hydrogens is 439 g/mol. The quantitative estimate of drug-likeness (QED) is 0.651. The van der Waals surface area contributed by atoms with E-state index in [9.17, 15) is 23.1 Å². The highest BCUT2D eigenvalue weighted by molar-refractivity contribution is 7.81. The monoisotopic (exact) mass is 451 g/mol. The van der Waals surface area contributed by atoms with E-state index >= 15 is 0 Å². The minimum Gasteiger partial charge on any atom is -0.506 e. The number of thiocarbonyl (C=S) groups is 1. The van der Waals surface area contributed by atoms with Crippen LogP contribution in [0.5, 0.6) is 5.75 Å². The van der Waals surface area contributed by atoms with Crippen molar-refractivity contribution in [3.05, 3.63) is 52.5 Å². The number of phenolic OH excluding ortho intramolecular Hbond substituents is 1. The van der Waals surface area contributed by atoms with Gasteiger partial charge < -0.3 is 10.0 Å². The molecule has 0 radical (unpaired) electrons. The highest BCUT2D eigenvalue weighted by atomic mass is 35.5. The van der Waals surface area contributed by atoms with Gasteiger partial charge in [-0.1, -0.05) is 11.6 Å². The molecule has 0 bridgehead atoms. The van der Waals surface area contributed by atoms with Crippen molar-refractivity contribution in [2.75, 3.05) is 9.80 Å². The van der Waals surface area contributed by atoms with Crippen molar-refractivity contribution in [3.8, 4) is 11.8 Å². The topological polar surface area (TPSA) is 67.6 Å². The summed E-state index contributed by atoms with van der Waals surface area (Å²) in [5.74, 6) is -0.570. The zero-order valence-electron chi connectivity index (χ0n) is 15.2. The predicted molar refractivity (Wildman–Crippen MR) is 108 cm³/mol. The van der Waals surface area contributed by atoms with E-state index in [-0.39, 0.29) is 21.6 Å². The Morgan fingerprint density at radius 1 is 1.17 bits per heavy atom. The first-order valence-electron chi connectivity index (χ1n) is 8.89. The summed E-state index contributed by atoms with van der Waals surface area (Å²) in [4.78, 5) is 16.0. The van der Waals surface area contributed by atoms with Gasteiger partial charge >= 0.3 is 6.18 Å². The lowest BCUT2D eigenvalue weighted by Crippen LogP contribution is -2.55. The molecule has 0 unspecified atom stereocenters. The third-order valence-electron chi connectivity index (χ3n) is 5.47. The fourth-order valence-corrected chi connectivity index (χ4v) is 4.49. The number of alkyl halides is 3. The van der Waals surface area contributed by atoms with Crippen molar-refractivity contribution in [3.63, 3.8) is 0 Å². The van der Waals surface area contributed by atoms with Gasteiger partial charge in [-0.3, -0.25) is 9.69 Å². The number of amides is 1. The molecule has 1 heterocycles. The molecule has 1 amide bonds. The van der Waals surface area contributed by atoms with Gasteiger partial charge in [-0.25, -0.2) is 0 Å². The third kappa shape index (κ3) is 2.90. The Kier molecular flexibility index (Phi) is 4.67. The SMILES string of the molecule is N#Cc1ccc(N2C(=O)C3(CCC3)N(c3ccc(O)c(Cl)c3)C2=S)cc1C(F)(F)F. The minimum absolute atomic E-state index is 0.0132. The van der Waals surface area contributed by atoms with Crippen LogP contribution in [0.3, 0.4) is 0 Å². The van der Waals surface area contributed by atoms with Crippen molar-refractivity contribution >= 4 is 46.2 Å². The fraction of sp³-hybridized carbons (Fsp3) is 0.250. The van der Waals surface area contributed by atoms with Gasteiger partial charge in [0.05, 0.1) is 27.9 Å². The molecule has 2 aromatic rings. The van der Waals surface area contributed by atoms with Crippen molar-refractivity contribution in [2.24, 2.45) is 0 Å². The summed E-state index contributed by atoms with van der Waals surface area (Å²) in [6.07, 6.45) is -3.05. The average Bonchev–Trinajstić information content (AvgIpc) is 2.90. The largest absolute Gasteiger partial charge is 0.506 e. The number of aromatic hydroxyl groups is 1. The normalized spacial score (nSPS) is 18.0. The smallest absolute Gasteiger partial charge is 0.417 e. The molecule has 1 spiro atoms. The van der Waals surface area contributed by atoms with E-state index in [2.05, 4.69) is 0 Å². The molecule has 5 nitrogen and oxygen atoms in total. The number of nitrogens with zero attached hydrogens (tertiary/aromatic N) is 3. The van der Waals surface area contributed by atoms with Gasteiger partial charge in [0.1, 0.15) is 11.3 Å². The molecule has 2 aliphatic rings. The Balaban J connectivity index is 1.83. The lowest BCUT2D eigenvalue weighted by Gasteiger charge is -2.43. The first-order chi connectivity index (χ1) is 14.1. The third-order valence-corrected chi connectivity index (χ3v) is 6.14. The number of nitriles is 1. The van der Waals surface area contributed by atoms with Crippen LogP contribution in [-0.2, 0) is 11.0 Å². The average molecular weight is 452 g/mol. The second kappa shape index (κ2) is 6.86. The van der Waals surface area contributed by atoms with Crippen LogP contribution in [0.25, 0.3) is 0 Å². The molecular formula is C20H13ClF3N3O2S.